The zero-order valence-electron chi connectivity index (χ0n) is 24.1. The summed E-state index contributed by atoms with van der Waals surface area (Å²) in [4.78, 5) is 46.5. The summed E-state index contributed by atoms with van der Waals surface area (Å²) in [6.07, 6.45) is 5.42. The average Bonchev–Trinajstić information content (AvgIpc) is 3.76. The molecular weight excluding hydrogens is 568 g/mol. The van der Waals surface area contributed by atoms with Gasteiger partial charge < -0.3 is 24.4 Å². The van der Waals surface area contributed by atoms with Gasteiger partial charge in [-0.05, 0) is 59.2 Å². The summed E-state index contributed by atoms with van der Waals surface area (Å²) in [6, 6.07) is 25.5. The number of ether oxygens (including phenoxy) is 3. The first kappa shape index (κ1) is 27.0. The van der Waals surface area contributed by atoms with Crippen LogP contribution in [-0.2, 0) is 10.2 Å². The molecule has 0 saturated carbocycles. The first-order valence-electron chi connectivity index (χ1n) is 14.8. The fourth-order valence-corrected chi connectivity index (χ4v) is 7.46. The van der Waals surface area contributed by atoms with Gasteiger partial charge in [-0.1, -0.05) is 67.3 Å². The number of carbonyl (C=O) groups excluding carboxylic acids is 3. The van der Waals surface area contributed by atoms with Crippen LogP contribution in [-0.4, -0.2) is 41.8 Å². The van der Waals surface area contributed by atoms with Gasteiger partial charge in [-0.15, -0.1) is 0 Å². The van der Waals surface area contributed by atoms with E-state index in [-0.39, 0.29) is 30.9 Å². The number of hydrogen-bond donors (Lipinski definition) is 1. The van der Waals surface area contributed by atoms with Crippen LogP contribution >= 0.6 is 0 Å². The topological polar surface area (TPSA) is 94.2 Å². The van der Waals surface area contributed by atoms with Gasteiger partial charge in [0.2, 0.25) is 12.7 Å². The van der Waals surface area contributed by atoms with Crippen LogP contribution in [0, 0.1) is 5.92 Å². The highest BCUT2D eigenvalue weighted by Gasteiger charge is 2.70. The molecule has 1 spiro atoms. The number of amides is 1. The van der Waals surface area contributed by atoms with Gasteiger partial charge in [-0.25, -0.2) is 0 Å². The van der Waals surface area contributed by atoms with Crippen molar-refractivity contribution >= 4 is 29.2 Å². The SMILES string of the molecule is C=CCOc1cccc(C(=O)[C@@H]2[C@H](C(=O)c3ccc4c(c3)OCO4)N3C=Cc4ccccc4[C@@H]3[C@]23C(=O)Nc2ccccc23)c1. The maximum Gasteiger partial charge on any atom is 0.238 e. The van der Waals surface area contributed by atoms with E-state index in [9.17, 15) is 9.59 Å². The van der Waals surface area contributed by atoms with Crippen molar-refractivity contribution in [2.75, 3.05) is 18.7 Å². The van der Waals surface area contributed by atoms with Crippen molar-refractivity contribution in [1.82, 2.24) is 4.90 Å². The van der Waals surface area contributed by atoms with Crippen molar-refractivity contribution < 1.29 is 28.6 Å². The van der Waals surface area contributed by atoms with E-state index in [4.69, 9.17) is 14.2 Å². The molecule has 0 radical (unpaired) electrons. The van der Waals surface area contributed by atoms with Crippen molar-refractivity contribution in [2.24, 2.45) is 5.92 Å². The van der Waals surface area contributed by atoms with Gasteiger partial charge in [0.25, 0.3) is 0 Å². The number of para-hydroxylation sites is 1. The molecule has 0 unspecified atom stereocenters. The molecule has 0 bridgehead atoms. The number of benzene rings is 4. The second-order valence-corrected chi connectivity index (χ2v) is 11.5. The lowest BCUT2D eigenvalue weighted by atomic mass is 9.62. The summed E-state index contributed by atoms with van der Waals surface area (Å²) < 4.78 is 16.9. The number of fused-ring (bicyclic) bond motifs is 7. The zero-order chi connectivity index (χ0) is 30.7. The van der Waals surface area contributed by atoms with Crippen molar-refractivity contribution in [2.45, 2.75) is 17.5 Å². The summed E-state index contributed by atoms with van der Waals surface area (Å²) in [5.41, 5.74) is 2.40. The van der Waals surface area contributed by atoms with Crippen LogP contribution in [0.3, 0.4) is 0 Å². The predicted octanol–water partition coefficient (Wildman–Crippen LogP) is 5.96. The maximum atomic E-state index is 15.1. The predicted molar refractivity (Wildman–Crippen MR) is 167 cm³/mol. The second-order valence-electron chi connectivity index (χ2n) is 11.5. The quantitative estimate of drug-likeness (QED) is 0.208. The molecule has 1 N–H and O–H groups in total. The molecule has 4 atom stereocenters. The van der Waals surface area contributed by atoms with Crippen LogP contribution in [0.2, 0.25) is 0 Å². The fraction of sp³-hybridized carbons (Fsp3) is 0.162. The smallest absolute Gasteiger partial charge is 0.238 e. The van der Waals surface area contributed by atoms with E-state index in [1.807, 2.05) is 65.7 Å². The highest BCUT2D eigenvalue weighted by molar-refractivity contribution is 6.16. The zero-order valence-corrected chi connectivity index (χ0v) is 24.1. The number of rotatable bonds is 7. The third-order valence-electron chi connectivity index (χ3n) is 9.27. The van der Waals surface area contributed by atoms with E-state index >= 15 is 4.79 Å². The molecule has 4 aliphatic heterocycles. The Morgan fingerprint density at radius 1 is 0.933 bits per heavy atom. The van der Waals surface area contributed by atoms with Gasteiger partial charge in [0.1, 0.15) is 23.8 Å². The summed E-state index contributed by atoms with van der Waals surface area (Å²) >= 11 is 0. The van der Waals surface area contributed by atoms with E-state index < -0.39 is 23.4 Å². The van der Waals surface area contributed by atoms with E-state index in [2.05, 4.69) is 11.9 Å². The number of Topliss-reactive ketones (excluding diaryl/α,β-unsaturated/α-hetero) is 2. The first-order valence-corrected chi connectivity index (χ1v) is 14.8. The molecule has 4 aromatic rings. The van der Waals surface area contributed by atoms with Gasteiger partial charge in [0.15, 0.2) is 23.1 Å². The van der Waals surface area contributed by atoms with Crippen molar-refractivity contribution in [3.8, 4) is 17.2 Å². The van der Waals surface area contributed by atoms with Crippen LogP contribution in [0.4, 0.5) is 5.69 Å². The van der Waals surface area contributed by atoms with E-state index in [1.165, 1.54) is 0 Å². The highest BCUT2D eigenvalue weighted by atomic mass is 16.7. The summed E-state index contributed by atoms with van der Waals surface area (Å²) in [6.45, 7) is 4.04. The van der Waals surface area contributed by atoms with Crippen LogP contribution in [0.5, 0.6) is 17.2 Å². The third kappa shape index (κ3) is 3.88. The lowest BCUT2D eigenvalue weighted by Crippen LogP contribution is -2.49. The molecule has 4 heterocycles. The van der Waals surface area contributed by atoms with Gasteiger partial charge in [0.05, 0.1) is 12.0 Å². The molecule has 0 aliphatic carbocycles. The molecule has 222 valence electrons. The van der Waals surface area contributed by atoms with Crippen LogP contribution in [0.1, 0.15) is 43.4 Å². The standard InChI is InChI=1S/C37H28N2O6/c1-2-18-43-25-10-7-9-23(19-25)33(40)31-32(34(41)24-14-15-29-30(20-24)45-21-44-29)39-17-16-22-8-3-4-11-26(22)35(39)37(31)27-12-5-6-13-28(27)38-36(37)42/h2-17,19-20,31-32,35H,1,18,21H2,(H,38,42)/t31-,32+,35+,37+/m0/s1. The molecule has 1 saturated heterocycles. The number of hydrogen-bond acceptors (Lipinski definition) is 7. The van der Waals surface area contributed by atoms with Crippen molar-refractivity contribution in [1.29, 1.82) is 0 Å². The van der Waals surface area contributed by atoms with E-state index in [0.717, 1.165) is 11.1 Å². The Balaban J connectivity index is 1.38. The Hall–Kier alpha value is -5.63. The largest absolute Gasteiger partial charge is 0.490 e. The number of carbonyl (C=O) groups is 3. The number of ketones is 2. The minimum Gasteiger partial charge on any atom is -0.490 e. The molecule has 1 fully saturated rings. The first-order chi connectivity index (χ1) is 22.0. The van der Waals surface area contributed by atoms with Gasteiger partial charge in [0, 0.05) is 23.0 Å². The minimum atomic E-state index is -1.43. The molecule has 45 heavy (non-hydrogen) atoms. The Morgan fingerprint density at radius 3 is 2.62 bits per heavy atom. The highest BCUT2D eigenvalue weighted by Crippen LogP contribution is 2.62. The van der Waals surface area contributed by atoms with E-state index in [0.29, 0.717) is 39.6 Å². The summed E-state index contributed by atoms with van der Waals surface area (Å²) in [5.74, 6) is -0.544. The van der Waals surface area contributed by atoms with Crippen LogP contribution in [0.25, 0.3) is 6.08 Å². The average molecular weight is 597 g/mol. The molecule has 4 aliphatic rings. The molecular formula is C37H28N2O6. The van der Waals surface area contributed by atoms with Crippen molar-refractivity contribution in [3.63, 3.8) is 0 Å². The molecule has 8 heteroatoms. The van der Waals surface area contributed by atoms with Crippen molar-refractivity contribution in [3.05, 3.63) is 138 Å². The molecule has 0 aromatic heterocycles. The Kier molecular flexibility index (Phi) is 6.13. The number of nitrogens with zero attached hydrogens (tertiary/aromatic N) is 1. The summed E-state index contributed by atoms with van der Waals surface area (Å²) in [7, 11) is 0. The second kappa shape index (κ2) is 10.2. The van der Waals surface area contributed by atoms with Crippen LogP contribution in [0.15, 0.2) is 110 Å². The maximum absolute atomic E-state index is 15.1. The van der Waals surface area contributed by atoms with E-state index in [1.54, 1.807) is 48.5 Å². The van der Waals surface area contributed by atoms with Gasteiger partial charge >= 0.3 is 0 Å². The summed E-state index contributed by atoms with van der Waals surface area (Å²) in [5, 5.41) is 3.08. The fourth-order valence-electron chi connectivity index (χ4n) is 7.46. The Labute approximate surface area is 259 Å². The molecule has 4 aromatic carbocycles. The Bertz CT molecular complexity index is 1950. The minimum absolute atomic E-state index is 0.0650. The van der Waals surface area contributed by atoms with Gasteiger partial charge in [-0.3, -0.25) is 14.4 Å². The molecule has 8 nitrogen and oxygen atoms in total. The monoisotopic (exact) mass is 596 g/mol. The number of anilines is 1. The third-order valence-corrected chi connectivity index (χ3v) is 9.27. The number of nitrogens with one attached hydrogen (secondary N) is 1. The Morgan fingerprint density at radius 2 is 1.73 bits per heavy atom. The lowest BCUT2D eigenvalue weighted by Gasteiger charge is -2.38. The molecule has 8 rings (SSSR count). The molecule has 1 amide bonds. The normalized spacial score (nSPS) is 23.2. The lowest BCUT2D eigenvalue weighted by molar-refractivity contribution is -0.122. The van der Waals surface area contributed by atoms with Gasteiger partial charge in [-0.2, -0.15) is 0 Å². The van der Waals surface area contributed by atoms with Crippen LogP contribution < -0.4 is 19.5 Å².